The Morgan fingerprint density at radius 3 is 2.81 bits per heavy atom. The van der Waals surface area contributed by atoms with Crippen molar-refractivity contribution in [2.24, 2.45) is 0 Å². The van der Waals surface area contributed by atoms with Gasteiger partial charge in [-0.2, -0.15) is 0 Å². The minimum atomic E-state index is -0.340. The SMILES string of the molecule is CC(=O)n1ccc2cc(CC(C)O)ccc21. The molecule has 1 unspecified atom stereocenters. The Kier molecular flexibility index (Phi) is 2.79. The number of benzene rings is 1. The van der Waals surface area contributed by atoms with Crippen LogP contribution in [-0.2, 0) is 6.42 Å². The molecule has 0 aliphatic carbocycles. The number of carbonyl (C=O) groups is 1. The van der Waals surface area contributed by atoms with Crippen LogP contribution in [0.15, 0.2) is 30.5 Å². The van der Waals surface area contributed by atoms with E-state index in [9.17, 15) is 9.90 Å². The quantitative estimate of drug-likeness (QED) is 0.838. The number of hydrogen-bond acceptors (Lipinski definition) is 2. The molecule has 0 saturated heterocycles. The van der Waals surface area contributed by atoms with Crippen LogP contribution in [0.25, 0.3) is 10.9 Å². The van der Waals surface area contributed by atoms with Gasteiger partial charge in [-0.15, -0.1) is 0 Å². The number of carbonyl (C=O) groups excluding carboxylic acids is 1. The molecule has 0 amide bonds. The molecular formula is C13H15NO2. The van der Waals surface area contributed by atoms with Crippen molar-refractivity contribution < 1.29 is 9.90 Å². The highest BCUT2D eigenvalue weighted by molar-refractivity contribution is 5.91. The molecule has 3 heteroatoms. The number of nitrogens with zero attached hydrogens (tertiary/aromatic N) is 1. The summed E-state index contributed by atoms with van der Waals surface area (Å²) in [5, 5.41) is 10.3. The lowest BCUT2D eigenvalue weighted by atomic mass is 10.1. The van der Waals surface area contributed by atoms with Crippen molar-refractivity contribution in [1.82, 2.24) is 4.57 Å². The summed E-state index contributed by atoms with van der Waals surface area (Å²) in [6.07, 6.45) is 2.08. The van der Waals surface area contributed by atoms with Gasteiger partial charge >= 0.3 is 0 Å². The molecule has 1 atom stereocenters. The van der Waals surface area contributed by atoms with E-state index in [1.165, 1.54) is 0 Å². The maximum Gasteiger partial charge on any atom is 0.227 e. The van der Waals surface area contributed by atoms with E-state index in [-0.39, 0.29) is 12.0 Å². The lowest BCUT2D eigenvalue weighted by molar-refractivity contribution is 0.0941. The molecule has 84 valence electrons. The van der Waals surface area contributed by atoms with Gasteiger partial charge in [0.2, 0.25) is 5.91 Å². The van der Waals surface area contributed by atoms with Crippen LogP contribution in [0.2, 0.25) is 0 Å². The number of aromatic nitrogens is 1. The monoisotopic (exact) mass is 217 g/mol. The standard InChI is InChI=1S/C13H15NO2/c1-9(15)7-11-3-4-13-12(8-11)5-6-14(13)10(2)16/h3-6,8-9,15H,7H2,1-2H3. The van der Waals surface area contributed by atoms with Crippen molar-refractivity contribution in [2.75, 3.05) is 0 Å². The second kappa shape index (κ2) is 4.10. The van der Waals surface area contributed by atoms with E-state index in [0.717, 1.165) is 16.5 Å². The van der Waals surface area contributed by atoms with Gasteiger partial charge in [0.25, 0.3) is 0 Å². The number of aliphatic hydroxyl groups excluding tert-OH is 1. The third-order valence-electron chi connectivity index (χ3n) is 2.63. The highest BCUT2D eigenvalue weighted by atomic mass is 16.3. The maximum absolute atomic E-state index is 11.3. The first kappa shape index (κ1) is 10.9. The molecule has 1 aromatic carbocycles. The summed E-state index contributed by atoms with van der Waals surface area (Å²) in [5.41, 5.74) is 2.01. The van der Waals surface area contributed by atoms with Gasteiger partial charge in [-0.3, -0.25) is 9.36 Å². The van der Waals surface area contributed by atoms with Crippen LogP contribution in [-0.4, -0.2) is 21.7 Å². The first-order valence-corrected chi connectivity index (χ1v) is 5.37. The van der Waals surface area contributed by atoms with Gasteiger partial charge in [-0.1, -0.05) is 6.07 Å². The van der Waals surface area contributed by atoms with Gasteiger partial charge in [0, 0.05) is 18.5 Å². The van der Waals surface area contributed by atoms with E-state index >= 15 is 0 Å². The molecule has 3 nitrogen and oxygen atoms in total. The van der Waals surface area contributed by atoms with Crippen molar-refractivity contribution in [3.05, 3.63) is 36.0 Å². The van der Waals surface area contributed by atoms with Crippen LogP contribution in [0.5, 0.6) is 0 Å². The van der Waals surface area contributed by atoms with E-state index in [4.69, 9.17) is 0 Å². The van der Waals surface area contributed by atoms with Crippen LogP contribution >= 0.6 is 0 Å². The second-order valence-electron chi connectivity index (χ2n) is 4.15. The summed E-state index contributed by atoms with van der Waals surface area (Å²) in [6, 6.07) is 7.81. The molecule has 1 aromatic heterocycles. The normalized spacial score (nSPS) is 12.9. The van der Waals surface area contributed by atoms with Crippen LogP contribution in [0, 0.1) is 0 Å². The fraction of sp³-hybridized carbons (Fsp3) is 0.308. The fourth-order valence-electron chi connectivity index (χ4n) is 1.93. The van der Waals surface area contributed by atoms with Gasteiger partial charge < -0.3 is 5.11 Å². The molecule has 0 bridgehead atoms. The van der Waals surface area contributed by atoms with Gasteiger partial charge in [-0.05, 0) is 37.1 Å². The molecule has 0 aliphatic rings. The predicted molar refractivity (Wildman–Crippen MR) is 63.6 cm³/mol. The largest absolute Gasteiger partial charge is 0.393 e. The average Bonchev–Trinajstić information content (AvgIpc) is 2.59. The zero-order chi connectivity index (χ0) is 11.7. The van der Waals surface area contributed by atoms with Gasteiger partial charge in [0.1, 0.15) is 0 Å². The highest BCUT2D eigenvalue weighted by Gasteiger charge is 2.06. The van der Waals surface area contributed by atoms with Crippen molar-refractivity contribution in [1.29, 1.82) is 0 Å². The van der Waals surface area contributed by atoms with Gasteiger partial charge in [-0.25, -0.2) is 0 Å². The van der Waals surface area contributed by atoms with E-state index < -0.39 is 0 Å². The van der Waals surface area contributed by atoms with Crippen LogP contribution < -0.4 is 0 Å². The average molecular weight is 217 g/mol. The second-order valence-corrected chi connectivity index (χ2v) is 4.15. The van der Waals surface area contributed by atoms with Crippen LogP contribution in [0.3, 0.4) is 0 Å². The first-order valence-electron chi connectivity index (χ1n) is 5.37. The molecule has 0 aliphatic heterocycles. The lowest BCUT2D eigenvalue weighted by Gasteiger charge is -2.05. The number of hydrogen-bond donors (Lipinski definition) is 1. The van der Waals surface area contributed by atoms with Gasteiger partial charge in [0.15, 0.2) is 0 Å². The molecule has 0 fully saturated rings. The lowest BCUT2D eigenvalue weighted by Crippen LogP contribution is -2.05. The van der Waals surface area contributed by atoms with E-state index in [0.29, 0.717) is 6.42 Å². The minimum Gasteiger partial charge on any atom is -0.393 e. The van der Waals surface area contributed by atoms with E-state index in [1.54, 1.807) is 24.6 Å². The smallest absolute Gasteiger partial charge is 0.227 e. The Hall–Kier alpha value is -1.61. The van der Waals surface area contributed by atoms with Crippen molar-refractivity contribution >= 4 is 16.8 Å². The maximum atomic E-state index is 11.3. The predicted octanol–water partition coefficient (Wildman–Crippen LogP) is 2.22. The Morgan fingerprint density at radius 1 is 1.44 bits per heavy atom. The minimum absolute atomic E-state index is 0.0123. The molecule has 0 radical (unpaired) electrons. The molecule has 16 heavy (non-hydrogen) atoms. The summed E-state index contributed by atoms with van der Waals surface area (Å²) in [6.45, 7) is 3.31. The van der Waals surface area contributed by atoms with Crippen molar-refractivity contribution in [3.63, 3.8) is 0 Å². The molecule has 2 rings (SSSR count). The number of fused-ring (bicyclic) bond motifs is 1. The fourth-order valence-corrected chi connectivity index (χ4v) is 1.93. The summed E-state index contributed by atoms with van der Waals surface area (Å²) in [7, 11) is 0. The van der Waals surface area contributed by atoms with Crippen LogP contribution in [0.4, 0.5) is 0 Å². The topological polar surface area (TPSA) is 42.2 Å². The Balaban J connectivity index is 2.45. The van der Waals surface area contributed by atoms with Crippen LogP contribution in [0.1, 0.15) is 24.2 Å². The summed E-state index contributed by atoms with van der Waals surface area (Å²) in [4.78, 5) is 11.3. The van der Waals surface area contributed by atoms with Crippen molar-refractivity contribution in [3.8, 4) is 0 Å². The molecule has 1 heterocycles. The molecular weight excluding hydrogens is 202 g/mol. The number of aliphatic hydroxyl groups is 1. The van der Waals surface area contributed by atoms with E-state index in [1.807, 2.05) is 24.3 Å². The highest BCUT2D eigenvalue weighted by Crippen LogP contribution is 2.18. The Morgan fingerprint density at radius 2 is 2.19 bits per heavy atom. The third-order valence-corrected chi connectivity index (χ3v) is 2.63. The summed E-state index contributed by atoms with van der Waals surface area (Å²) < 4.78 is 1.63. The summed E-state index contributed by atoms with van der Waals surface area (Å²) in [5.74, 6) is 0.0123. The third kappa shape index (κ3) is 1.99. The zero-order valence-corrected chi connectivity index (χ0v) is 9.47. The summed E-state index contributed by atoms with van der Waals surface area (Å²) >= 11 is 0. The van der Waals surface area contributed by atoms with E-state index in [2.05, 4.69) is 0 Å². The number of rotatable bonds is 2. The Labute approximate surface area is 94.3 Å². The molecule has 1 N–H and O–H groups in total. The van der Waals surface area contributed by atoms with Gasteiger partial charge in [0.05, 0.1) is 11.6 Å². The first-order chi connectivity index (χ1) is 7.58. The molecule has 2 aromatic rings. The molecule has 0 saturated carbocycles. The Bertz CT molecular complexity index is 526. The molecule has 0 spiro atoms. The van der Waals surface area contributed by atoms with Crippen molar-refractivity contribution in [2.45, 2.75) is 26.4 Å². The zero-order valence-electron chi connectivity index (χ0n) is 9.47.